The maximum Gasteiger partial charge on any atom is 0.320 e. The highest BCUT2D eigenvalue weighted by Gasteiger charge is 2.12. The van der Waals surface area contributed by atoms with Crippen molar-refractivity contribution in [1.29, 1.82) is 0 Å². The topological polar surface area (TPSA) is 76.2 Å². The number of carboxylic acids is 1. The van der Waals surface area contributed by atoms with Crippen molar-refractivity contribution >= 4 is 5.97 Å². The van der Waals surface area contributed by atoms with Crippen molar-refractivity contribution in [3.63, 3.8) is 0 Å². The molecule has 0 saturated heterocycles. The van der Waals surface area contributed by atoms with Crippen molar-refractivity contribution in [3.8, 4) is 0 Å². The lowest BCUT2D eigenvalue weighted by molar-refractivity contribution is -0.138. The third kappa shape index (κ3) is 2.53. The van der Waals surface area contributed by atoms with Crippen LogP contribution in [0.5, 0.6) is 0 Å². The molecule has 4 nitrogen and oxygen atoms in total. The zero-order valence-electron chi connectivity index (χ0n) is 8.32. The average molecular weight is 194 g/mol. The summed E-state index contributed by atoms with van der Waals surface area (Å²) in [6.07, 6.45) is 1.99. The van der Waals surface area contributed by atoms with Crippen LogP contribution in [0.2, 0.25) is 0 Å². The predicted octanol–water partition coefficient (Wildman–Crippen LogP) is 0.653. The van der Waals surface area contributed by atoms with Gasteiger partial charge in [0.2, 0.25) is 0 Å². The molecule has 0 aromatic carbocycles. The van der Waals surface area contributed by atoms with Crippen molar-refractivity contribution in [3.05, 3.63) is 29.1 Å². The number of nitrogens with zero attached hydrogens (tertiary/aromatic N) is 1. The average Bonchev–Trinajstić information content (AvgIpc) is 2.11. The van der Waals surface area contributed by atoms with Gasteiger partial charge >= 0.3 is 5.97 Å². The summed E-state index contributed by atoms with van der Waals surface area (Å²) in [5, 5.41) is 8.62. The highest BCUT2D eigenvalue weighted by atomic mass is 16.4. The summed E-state index contributed by atoms with van der Waals surface area (Å²) in [4.78, 5) is 14.7. The van der Waals surface area contributed by atoms with Crippen molar-refractivity contribution < 1.29 is 9.90 Å². The molecule has 4 heteroatoms. The number of pyridine rings is 1. The Morgan fingerprint density at radius 2 is 2.29 bits per heavy atom. The molecule has 0 aliphatic rings. The molecule has 3 N–H and O–H groups in total. The van der Waals surface area contributed by atoms with Crippen molar-refractivity contribution in [2.45, 2.75) is 26.3 Å². The highest BCUT2D eigenvalue weighted by Crippen LogP contribution is 2.08. The van der Waals surface area contributed by atoms with E-state index >= 15 is 0 Å². The first-order chi connectivity index (χ1) is 6.50. The van der Waals surface area contributed by atoms with E-state index in [1.54, 1.807) is 6.20 Å². The van der Waals surface area contributed by atoms with Gasteiger partial charge in [-0.05, 0) is 31.4 Å². The van der Waals surface area contributed by atoms with Gasteiger partial charge in [0.05, 0.1) is 0 Å². The number of carbonyl (C=O) groups is 1. The number of nitrogens with two attached hydrogens (primary N) is 1. The van der Waals surface area contributed by atoms with Gasteiger partial charge in [-0.2, -0.15) is 0 Å². The monoisotopic (exact) mass is 194 g/mol. The molecule has 1 aromatic heterocycles. The first kappa shape index (κ1) is 10.7. The molecule has 1 unspecified atom stereocenters. The van der Waals surface area contributed by atoms with Gasteiger partial charge in [-0.3, -0.25) is 9.78 Å². The van der Waals surface area contributed by atoms with Crippen LogP contribution >= 0.6 is 0 Å². The van der Waals surface area contributed by atoms with Gasteiger partial charge in [-0.25, -0.2) is 0 Å². The number of hydrogen-bond acceptors (Lipinski definition) is 3. The summed E-state index contributed by atoms with van der Waals surface area (Å²) in [5.74, 6) is -0.983. The van der Waals surface area contributed by atoms with Crippen molar-refractivity contribution in [2.24, 2.45) is 5.73 Å². The molecule has 0 amide bonds. The minimum absolute atomic E-state index is 0.323. The zero-order chi connectivity index (χ0) is 10.7. The fourth-order valence-electron chi connectivity index (χ4n) is 1.15. The van der Waals surface area contributed by atoms with E-state index in [9.17, 15) is 4.79 Å². The number of aryl methyl sites for hydroxylation is 2. The third-order valence-electron chi connectivity index (χ3n) is 2.17. The van der Waals surface area contributed by atoms with Crippen molar-refractivity contribution in [2.75, 3.05) is 0 Å². The minimum Gasteiger partial charge on any atom is -0.480 e. The van der Waals surface area contributed by atoms with E-state index in [0.29, 0.717) is 6.42 Å². The van der Waals surface area contributed by atoms with Crippen LogP contribution < -0.4 is 5.73 Å². The molecule has 1 rings (SSSR count). The van der Waals surface area contributed by atoms with Gasteiger partial charge in [0.15, 0.2) is 0 Å². The van der Waals surface area contributed by atoms with Gasteiger partial charge < -0.3 is 10.8 Å². The first-order valence-electron chi connectivity index (χ1n) is 4.41. The lowest BCUT2D eigenvalue weighted by Crippen LogP contribution is -2.32. The Kier molecular flexibility index (Phi) is 3.19. The Labute approximate surface area is 82.8 Å². The quantitative estimate of drug-likeness (QED) is 0.740. The van der Waals surface area contributed by atoms with Gasteiger partial charge in [-0.1, -0.05) is 6.07 Å². The first-order valence-corrected chi connectivity index (χ1v) is 4.41. The van der Waals surface area contributed by atoms with Crippen LogP contribution in [0.15, 0.2) is 12.3 Å². The Hall–Kier alpha value is -1.42. The smallest absolute Gasteiger partial charge is 0.320 e. The number of aromatic nitrogens is 1. The fraction of sp³-hybridized carbons (Fsp3) is 0.400. The Balaban J connectivity index is 2.78. The van der Waals surface area contributed by atoms with Gasteiger partial charge in [0.1, 0.15) is 6.04 Å². The van der Waals surface area contributed by atoms with E-state index in [4.69, 9.17) is 10.8 Å². The van der Waals surface area contributed by atoms with E-state index in [1.807, 2.05) is 19.9 Å². The van der Waals surface area contributed by atoms with Crippen LogP contribution in [-0.2, 0) is 11.2 Å². The standard InChI is InChI=1S/C10H14N2O2/c1-6-3-8(5-12-7(6)2)4-9(11)10(13)14/h3,5,9H,4,11H2,1-2H3,(H,13,14). The molecule has 0 fully saturated rings. The third-order valence-corrected chi connectivity index (χ3v) is 2.17. The van der Waals surface area contributed by atoms with E-state index in [2.05, 4.69) is 4.98 Å². The number of carboxylic acid groups (broad SMARTS) is 1. The van der Waals surface area contributed by atoms with Gasteiger partial charge in [-0.15, -0.1) is 0 Å². The van der Waals surface area contributed by atoms with Crippen LogP contribution in [-0.4, -0.2) is 22.1 Å². The maximum atomic E-state index is 10.5. The van der Waals surface area contributed by atoms with E-state index in [-0.39, 0.29) is 0 Å². The highest BCUT2D eigenvalue weighted by molar-refractivity contribution is 5.73. The molecule has 0 aliphatic heterocycles. The van der Waals surface area contributed by atoms with Crippen LogP contribution in [0.1, 0.15) is 16.8 Å². The molecule has 0 saturated carbocycles. The molecule has 0 bridgehead atoms. The number of rotatable bonds is 3. The second-order valence-corrected chi connectivity index (χ2v) is 3.39. The summed E-state index contributed by atoms with van der Waals surface area (Å²) >= 11 is 0. The van der Waals surface area contributed by atoms with Crippen molar-refractivity contribution in [1.82, 2.24) is 4.98 Å². The molecule has 0 spiro atoms. The summed E-state index contributed by atoms with van der Waals surface area (Å²) in [7, 11) is 0. The summed E-state index contributed by atoms with van der Waals surface area (Å²) in [6, 6.07) is 1.07. The molecule has 14 heavy (non-hydrogen) atoms. The summed E-state index contributed by atoms with van der Waals surface area (Å²) in [5.41, 5.74) is 8.28. The molecular weight excluding hydrogens is 180 g/mol. The van der Waals surface area contributed by atoms with E-state index < -0.39 is 12.0 Å². The van der Waals surface area contributed by atoms with Crippen LogP contribution in [0.4, 0.5) is 0 Å². The van der Waals surface area contributed by atoms with Crippen LogP contribution in [0.25, 0.3) is 0 Å². The lowest BCUT2D eigenvalue weighted by Gasteiger charge is -2.07. The summed E-state index contributed by atoms with van der Waals surface area (Å²) in [6.45, 7) is 3.86. The Morgan fingerprint density at radius 3 is 2.79 bits per heavy atom. The molecule has 1 aromatic rings. The minimum atomic E-state index is -0.983. The molecule has 0 aliphatic carbocycles. The SMILES string of the molecule is Cc1cc(CC(N)C(=O)O)cnc1C. The normalized spacial score (nSPS) is 12.5. The summed E-state index contributed by atoms with van der Waals surface area (Å²) < 4.78 is 0. The zero-order valence-corrected chi connectivity index (χ0v) is 8.32. The Bertz CT molecular complexity index is 350. The molecule has 1 atom stereocenters. The van der Waals surface area contributed by atoms with Gasteiger partial charge in [0.25, 0.3) is 0 Å². The van der Waals surface area contributed by atoms with E-state index in [1.165, 1.54) is 0 Å². The number of hydrogen-bond donors (Lipinski definition) is 2. The second kappa shape index (κ2) is 4.19. The Morgan fingerprint density at radius 1 is 1.64 bits per heavy atom. The van der Waals surface area contributed by atoms with E-state index in [0.717, 1.165) is 16.8 Å². The molecule has 1 heterocycles. The second-order valence-electron chi connectivity index (χ2n) is 3.39. The van der Waals surface area contributed by atoms with Crippen LogP contribution in [0.3, 0.4) is 0 Å². The predicted molar refractivity (Wildman–Crippen MR) is 53.0 cm³/mol. The molecule has 0 radical (unpaired) electrons. The lowest BCUT2D eigenvalue weighted by atomic mass is 10.1. The maximum absolute atomic E-state index is 10.5. The van der Waals surface area contributed by atoms with Gasteiger partial charge in [0, 0.05) is 11.9 Å². The molecular formula is C10H14N2O2. The molecule has 76 valence electrons. The largest absolute Gasteiger partial charge is 0.480 e. The fourth-order valence-corrected chi connectivity index (χ4v) is 1.15. The van der Waals surface area contributed by atoms with Crippen LogP contribution in [0, 0.1) is 13.8 Å². The number of aliphatic carboxylic acids is 1.